The van der Waals surface area contributed by atoms with E-state index in [0.29, 0.717) is 6.42 Å². The molecule has 0 saturated carbocycles. The van der Waals surface area contributed by atoms with Crippen LogP contribution in [0.5, 0.6) is 0 Å². The second kappa shape index (κ2) is 12.1. The van der Waals surface area contributed by atoms with E-state index in [2.05, 4.69) is 0 Å². The molecule has 2 rings (SSSR count). The molecule has 1 nitrogen and oxygen atoms in total. The molecular formula is C15H21FOS2. The highest BCUT2D eigenvalue weighted by Gasteiger charge is 1.98. The van der Waals surface area contributed by atoms with Crippen molar-refractivity contribution >= 4 is 29.0 Å². The Labute approximate surface area is 123 Å². The molecule has 0 fully saturated rings. The van der Waals surface area contributed by atoms with Gasteiger partial charge >= 0.3 is 0 Å². The van der Waals surface area contributed by atoms with Crippen LogP contribution in [0.1, 0.15) is 41.2 Å². The standard InChI is InChI=1S/C10H13FOS.C4H4S.CH4/c11-7-3-1-2-4-9-5-6-10(8-12)13-9;1-2-4-5-3-1;/h5-6,8H,1-4,7H2;1-4H;1H4. The second-order valence-corrected chi connectivity index (χ2v) is 5.73. The molecule has 2 heterocycles. The lowest BCUT2D eigenvalue weighted by Gasteiger charge is -1.95. The number of unbranched alkanes of at least 4 members (excludes halogenated alkanes) is 2. The third kappa shape index (κ3) is 8.67. The minimum absolute atomic E-state index is 0. The Hall–Kier alpha value is -1.00. The Kier molecular flexibility index (Phi) is 11.4. The molecule has 0 aliphatic rings. The molecule has 0 N–H and O–H groups in total. The Morgan fingerprint density at radius 2 is 1.84 bits per heavy atom. The summed E-state index contributed by atoms with van der Waals surface area (Å²) in [7, 11) is 0. The minimum atomic E-state index is -0.218. The van der Waals surface area contributed by atoms with Gasteiger partial charge in [-0.25, -0.2) is 0 Å². The zero-order valence-electron chi connectivity index (χ0n) is 10.2. The number of aryl methyl sites for hydroxylation is 1. The SMILES string of the molecule is C.O=Cc1ccc(CCCCCF)s1.c1ccsc1. The van der Waals surface area contributed by atoms with Crippen LogP contribution in [-0.4, -0.2) is 13.0 Å². The second-order valence-electron chi connectivity index (χ2n) is 3.71. The highest BCUT2D eigenvalue weighted by molar-refractivity contribution is 7.13. The van der Waals surface area contributed by atoms with Crippen LogP contribution in [0.15, 0.2) is 35.0 Å². The smallest absolute Gasteiger partial charge is 0.160 e. The number of hydrogen-bond acceptors (Lipinski definition) is 3. The quantitative estimate of drug-likeness (QED) is 0.499. The Morgan fingerprint density at radius 1 is 1.11 bits per heavy atom. The fourth-order valence-corrected chi connectivity index (χ4v) is 2.71. The van der Waals surface area contributed by atoms with Gasteiger partial charge in [0.2, 0.25) is 0 Å². The first-order valence-corrected chi connectivity index (χ1v) is 7.69. The molecule has 0 bridgehead atoms. The van der Waals surface area contributed by atoms with Gasteiger partial charge in [0.25, 0.3) is 0 Å². The van der Waals surface area contributed by atoms with Gasteiger partial charge in [-0.05, 0) is 42.2 Å². The van der Waals surface area contributed by atoms with Crippen molar-refractivity contribution in [2.75, 3.05) is 6.67 Å². The summed E-state index contributed by atoms with van der Waals surface area (Å²) in [5.74, 6) is 0. The molecule has 0 unspecified atom stereocenters. The van der Waals surface area contributed by atoms with E-state index >= 15 is 0 Å². The molecule has 0 aromatic carbocycles. The first-order valence-electron chi connectivity index (χ1n) is 5.94. The maximum absolute atomic E-state index is 11.7. The van der Waals surface area contributed by atoms with E-state index in [4.69, 9.17) is 0 Å². The molecule has 0 aliphatic carbocycles. The Morgan fingerprint density at radius 3 is 2.32 bits per heavy atom. The van der Waals surface area contributed by atoms with Crippen molar-refractivity contribution in [2.45, 2.75) is 33.1 Å². The lowest BCUT2D eigenvalue weighted by atomic mass is 10.2. The molecule has 0 amide bonds. The van der Waals surface area contributed by atoms with Gasteiger partial charge in [-0.15, -0.1) is 11.3 Å². The van der Waals surface area contributed by atoms with Gasteiger partial charge in [-0.3, -0.25) is 9.18 Å². The zero-order chi connectivity index (χ0) is 13.1. The summed E-state index contributed by atoms with van der Waals surface area (Å²) >= 11 is 3.24. The van der Waals surface area contributed by atoms with E-state index in [-0.39, 0.29) is 14.1 Å². The summed E-state index contributed by atoms with van der Waals surface area (Å²) in [5.41, 5.74) is 0. The molecule has 0 radical (unpaired) electrons. The summed E-state index contributed by atoms with van der Waals surface area (Å²) in [6.45, 7) is -0.218. The van der Waals surface area contributed by atoms with Crippen molar-refractivity contribution in [1.82, 2.24) is 0 Å². The van der Waals surface area contributed by atoms with Gasteiger partial charge in [0.05, 0.1) is 11.6 Å². The van der Waals surface area contributed by atoms with Crippen LogP contribution in [0.3, 0.4) is 0 Å². The van der Waals surface area contributed by atoms with E-state index in [1.54, 1.807) is 11.3 Å². The van der Waals surface area contributed by atoms with Crippen molar-refractivity contribution in [2.24, 2.45) is 0 Å². The highest BCUT2D eigenvalue weighted by Crippen LogP contribution is 2.17. The summed E-state index contributed by atoms with van der Waals surface area (Å²) in [6.07, 6.45) is 4.45. The van der Waals surface area contributed by atoms with Gasteiger partial charge in [-0.1, -0.05) is 26.0 Å². The predicted molar refractivity (Wildman–Crippen MR) is 84.3 cm³/mol. The van der Waals surface area contributed by atoms with E-state index in [9.17, 15) is 9.18 Å². The Balaban J connectivity index is 0.000000454. The van der Waals surface area contributed by atoms with Crippen molar-refractivity contribution in [3.63, 3.8) is 0 Å². The maximum atomic E-state index is 11.7. The normalized spacial score (nSPS) is 9.11. The van der Waals surface area contributed by atoms with Crippen LogP contribution in [0, 0.1) is 0 Å². The third-order valence-electron chi connectivity index (χ3n) is 2.28. The van der Waals surface area contributed by atoms with E-state index < -0.39 is 0 Å². The van der Waals surface area contributed by atoms with Gasteiger partial charge in [0.15, 0.2) is 6.29 Å². The van der Waals surface area contributed by atoms with Crippen molar-refractivity contribution in [1.29, 1.82) is 0 Å². The maximum Gasteiger partial charge on any atom is 0.160 e. The number of aldehydes is 1. The van der Waals surface area contributed by atoms with Crippen LogP contribution in [0.25, 0.3) is 0 Å². The van der Waals surface area contributed by atoms with Crippen LogP contribution >= 0.6 is 22.7 Å². The largest absolute Gasteiger partial charge is 0.297 e. The number of rotatable bonds is 6. The molecule has 19 heavy (non-hydrogen) atoms. The number of carbonyl (C=O) groups is 1. The van der Waals surface area contributed by atoms with Crippen LogP contribution in [0.4, 0.5) is 4.39 Å². The molecule has 0 spiro atoms. The monoisotopic (exact) mass is 300 g/mol. The highest BCUT2D eigenvalue weighted by atomic mass is 32.1. The molecule has 106 valence electrons. The van der Waals surface area contributed by atoms with Gasteiger partial charge in [0, 0.05) is 4.88 Å². The summed E-state index contributed by atoms with van der Waals surface area (Å²) < 4.78 is 11.7. The van der Waals surface area contributed by atoms with E-state index in [1.807, 2.05) is 35.0 Å². The molecule has 2 aromatic heterocycles. The topological polar surface area (TPSA) is 17.1 Å². The Bertz CT molecular complexity index is 392. The van der Waals surface area contributed by atoms with Gasteiger partial charge in [-0.2, -0.15) is 11.3 Å². The molecule has 0 aliphatic heterocycles. The van der Waals surface area contributed by atoms with Gasteiger partial charge < -0.3 is 0 Å². The fraction of sp³-hybridized carbons (Fsp3) is 0.400. The van der Waals surface area contributed by atoms with Gasteiger partial charge in [0.1, 0.15) is 0 Å². The third-order valence-corrected chi connectivity index (χ3v) is 3.98. The molecule has 0 atom stereocenters. The number of hydrogen-bond donors (Lipinski definition) is 0. The number of carbonyl (C=O) groups excluding carboxylic acids is 1. The lowest BCUT2D eigenvalue weighted by Crippen LogP contribution is -1.82. The van der Waals surface area contributed by atoms with Crippen molar-refractivity contribution < 1.29 is 9.18 Å². The van der Waals surface area contributed by atoms with Crippen molar-refractivity contribution in [3.8, 4) is 0 Å². The first kappa shape index (κ1) is 18.0. The molecule has 0 saturated heterocycles. The van der Waals surface area contributed by atoms with Crippen LogP contribution < -0.4 is 0 Å². The lowest BCUT2D eigenvalue weighted by molar-refractivity contribution is 0.112. The number of thiophene rings is 2. The number of halogens is 1. The first-order chi connectivity index (χ1) is 8.86. The average molecular weight is 300 g/mol. The van der Waals surface area contributed by atoms with Crippen LogP contribution in [0.2, 0.25) is 0 Å². The fourth-order valence-electron chi connectivity index (χ4n) is 1.39. The average Bonchev–Trinajstić information content (AvgIpc) is 3.08. The van der Waals surface area contributed by atoms with E-state index in [0.717, 1.165) is 30.4 Å². The van der Waals surface area contributed by atoms with E-state index in [1.165, 1.54) is 16.2 Å². The van der Waals surface area contributed by atoms with Crippen molar-refractivity contribution in [3.05, 3.63) is 44.8 Å². The molecule has 2 aromatic rings. The summed E-state index contributed by atoms with van der Waals surface area (Å²) in [4.78, 5) is 12.4. The summed E-state index contributed by atoms with van der Waals surface area (Å²) in [6, 6.07) is 7.85. The van der Waals surface area contributed by atoms with Crippen LogP contribution in [-0.2, 0) is 6.42 Å². The predicted octanol–water partition coefficient (Wildman–Crippen LogP) is 5.63. The minimum Gasteiger partial charge on any atom is -0.297 e. The molecule has 4 heteroatoms. The zero-order valence-corrected chi connectivity index (χ0v) is 11.8. The molecular weight excluding hydrogens is 279 g/mol. The number of alkyl halides is 1. The summed E-state index contributed by atoms with van der Waals surface area (Å²) in [5, 5.41) is 4.08.